The van der Waals surface area contributed by atoms with Gasteiger partial charge in [-0.1, -0.05) is 36.4 Å². The summed E-state index contributed by atoms with van der Waals surface area (Å²) in [4.78, 5) is 24.4. The highest BCUT2D eigenvalue weighted by molar-refractivity contribution is 6.00. The number of amides is 3. The fraction of sp³-hybridized carbons (Fsp3) is 0.167. The Morgan fingerprint density at radius 2 is 1.43 bits per heavy atom. The predicted octanol–water partition coefficient (Wildman–Crippen LogP) is 5.36. The maximum atomic E-state index is 12.2. The summed E-state index contributed by atoms with van der Waals surface area (Å²) in [6, 6.07) is 21.8. The van der Waals surface area contributed by atoms with Crippen LogP contribution in [0.25, 0.3) is 0 Å². The normalized spacial score (nSPS) is 10.2. The van der Waals surface area contributed by atoms with Gasteiger partial charge in [-0.2, -0.15) is 0 Å². The molecule has 6 heteroatoms. The highest BCUT2D eigenvalue weighted by Crippen LogP contribution is 2.20. The van der Waals surface area contributed by atoms with Gasteiger partial charge in [0, 0.05) is 17.1 Å². The molecule has 3 amide bonds. The molecule has 3 rings (SSSR count). The average molecular weight is 403 g/mol. The van der Waals surface area contributed by atoms with Gasteiger partial charge in [-0.15, -0.1) is 0 Å². The van der Waals surface area contributed by atoms with E-state index >= 15 is 0 Å². The maximum Gasteiger partial charge on any atom is 0.323 e. The minimum absolute atomic E-state index is 0.161. The molecule has 0 aliphatic rings. The van der Waals surface area contributed by atoms with Gasteiger partial charge in [0.05, 0.1) is 13.0 Å². The van der Waals surface area contributed by atoms with Crippen molar-refractivity contribution in [3.63, 3.8) is 0 Å². The number of benzene rings is 3. The number of rotatable bonds is 7. The van der Waals surface area contributed by atoms with E-state index in [1.54, 1.807) is 36.4 Å². The first kappa shape index (κ1) is 20.9. The average Bonchev–Trinajstić information content (AvgIpc) is 2.71. The fourth-order valence-electron chi connectivity index (χ4n) is 2.83. The summed E-state index contributed by atoms with van der Waals surface area (Å²) < 4.78 is 5.73. The third-order valence-corrected chi connectivity index (χ3v) is 4.37. The molecule has 3 aromatic rings. The summed E-state index contributed by atoms with van der Waals surface area (Å²) in [5, 5.41) is 8.33. The van der Waals surface area contributed by atoms with E-state index in [2.05, 4.69) is 16.0 Å². The first-order chi connectivity index (χ1) is 14.5. The molecule has 0 aliphatic heterocycles. The highest BCUT2D eigenvalue weighted by Gasteiger charge is 2.07. The van der Waals surface area contributed by atoms with Crippen molar-refractivity contribution in [1.29, 1.82) is 0 Å². The van der Waals surface area contributed by atoms with Crippen LogP contribution < -0.4 is 20.7 Å². The fourth-order valence-corrected chi connectivity index (χ4v) is 2.83. The maximum absolute atomic E-state index is 12.2. The summed E-state index contributed by atoms with van der Waals surface area (Å²) in [5.41, 5.74) is 4.02. The summed E-state index contributed by atoms with van der Waals surface area (Å²) in [7, 11) is 0. The van der Waals surface area contributed by atoms with Crippen LogP contribution in [0.3, 0.4) is 0 Å². The lowest BCUT2D eigenvalue weighted by Crippen LogP contribution is -2.19. The van der Waals surface area contributed by atoms with Crippen LogP contribution in [0.5, 0.6) is 5.75 Å². The van der Waals surface area contributed by atoms with Crippen LogP contribution in [0.4, 0.5) is 21.9 Å². The van der Waals surface area contributed by atoms with E-state index in [0.29, 0.717) is 17.1 Å². The second-order valence-electron chi connectivity index (χ2n) is 6.94. The van der Waals surface area contributed by atoms with Gasteiger partial charge in [-0.05, 0) is 61.4 Å². The molecule has 0 saturated heterocycles. The largest absolute Gasteiger partial charge is 0.493 e. The molecule has 0 atom stereocenters. The van der Waals surface area contributed by atoms with Crippen LogP contribution in [0.1, 0.15) is 17.5 Å². The van der Waals surface area contributed by atoms with E-state index in [0.717, 1.165) is 16.9 Å². The number of para-hydroxylation sites is 1. The third-order valence-electron chi connectivity index (χ3n) is 4.37. The lowest BCUT2D eigenvalue weighted by Gasteiger charge is -2.11. The molecular weight excluding hydrogens is 378 g/mol. The highest BCUT2D eigenvalue weighted by atomic mass is 16.5. The van der Waals surface area contributed by atoms with Crippen molar-refractivity contribution in [2.24, 2.45) is 0 Å². The quantitative estimate of drug-likeness (QED) is 0.497. The number of nitrogens with one attached hydrogen (secondary N) is 3. The Balaban J connectivity index is 1.48. The topological polar surface area (TPSA) is 79.5 Å². The van der Waals surface area contributed by atoms with Gasteiger partial charge in [0.1, 0.15) is 5.75 Å². The minimum atomic E-state index is -0.355. The Morgan fingerprint density at radius 1 is 0.767 bits per heavy atom. The number of anilines is 3. The second-order valence-corrected chi connectivity index (χ2v) is 6.94. The van der Waals surface area contributed by atoms with Crippen LogP contribution in [0.2, 0.25) is 0 Å². The minimum Gasteiger partial charge on any atom is -0.493 e. The number of hydrogen-bond donors (Lipinski definition) is 3. The summed E-state index contributed by atoms with van der Waals surface area (Å²) in [6.45, 7) is 4.26. The standard InChI is InChI=1S/C24H25N3O3/c1-17-11-12-18(2)22(15-17)30-14-13-23(28)25-20-9-6-10-21(16-20)27-24(29)26-19-7-4-3-5-8-19/h3-12,15-16H,13-14H2,1-2H3,(H,25,28)(H2,26,27,29). The first-order valence-corrected chi connectivity index (χ1v) is 9.72. The van der Waals surface area contributed by atoms with Crippen molar-refractivity contribution in [3.05, 3.63) is 83.9 Å². The van der Waals surface area contributed by atoms with Crippen molar-refractivity contribution >= 4 is 29.0 Å². The Bertz CT molecular complexity index is 1020. The van der Waals surface area contributed by atoms with Crippen molar-refractivity contribution in [1.82, 2.24) is 0 Å². The Morgan fingerprint density at radius 3 is 2.20 bits per heavy atom. The van der Waals surface area contributed by atoms with E-state index in [-0.39, 0.29) is 25.0 Å². The van der Waals surface area contributed by atoms with Crippen molar-refractivity contribution in [2.75, 3.05) is 22.6 Å². The molecule has 3 aromatic carbocycles. The van der Waals surface area contributed by atoms with Crippen LogP contribution in [0, 0.1) is 13.8 Å². The van der Waals surface area contributed by atoms with Crippen LogP contribution in [-0.4, -0.2) is 18.5 Å². The summed E-state index contributed by atoms with van der Waals surface area (Å²) in [6.07, 6.45) is 0.222. The number of hydrogen-bond acceptors (Lipinski definition) is 3. The monoisotopic (exact) mass is 403 g/mol. The van der Waals surface area contributed by atoms with E-state index in [1.807, 2.05) is 50.2 Å². The molecule has 3 N–H and O–H groups in total. The molecule has 0 aromatic heterocycles. The van der Waals surface area contributed by atoms with E-state index in [1.165, 1.54) is 0 Å². The number of carbonyl (C=O) groups is 2. The number of aryl methyl sites for hydroxylation is 2. The van der Waals surface area contributed by atoms with E-state index in [9.17, 15) is 9.59 Å². The smallest absolute Gasteiger partial charge is 0.323 e. The molecule has 0 aliphatic carbocycles. The number of carbonyl (C=O) groups excluding carboxylic acids is 2. The molecule has 154 valence electrons. The first-order valence-electron chi connectivity index (χ1n) is 9.72. The van der Waals surface area contributed by atoms with E-state index < -0.39 is 0 Å². The third kappa shape index (κ3) is 6.38. The van der Waals surface area contributed by atoms with Crippen molar-refractivity contribution in [3.8, 4) is 5.75 Å². The lowest BCUT2D eigenvalue weighted by atomic mass is 10.1. The van der Waals surface area contributed by atoms with Crippen molar-refractivity contribution in [2.45, 2.75) is 20.3 Å². The van der Waals surface area contributed by atoms with E-state index in [4.69, 9.17) is 4.74 Å². The number of ether oxygens (including phenoxy) is 1. The van der Waals surface area contributed by atoms with Gasteiger partial charge in [0.15, 0.2) is 0 Å². The van der Waals surface area contributed by atoms with Gasteiger partial charge >= 0.3 is 6.03 Å². The molecule has 0 fully saturated rings. The van der Waals surface area contributed by atoms with Crippen LogP contribution in [0.15, 0.2) is 72.8 Å². The summed E-state index contributed by atoms with van der Waals surface area (Å²) in [5.74, 6) is 0.629. The van der Waals surface area contributed by atoms with Gasteiger partial charge < -0.3 is 20.7 Å². The SMILES string of the molecule is Cc1ccc(C)c(OCCC(=O)Nc2cccc(NC(=O)Nc3ccccc3)c2)c1. The zero-order chi connectivity index (χ0) is 21.3. The number of urea groups is 1. The zero-order valence-electron chi connectivity index (χ0n) is 17.1. The van der Waals surface area contributed by atoms with Crippen LogP contribution >= 0.6 is 0 Å². The van der Waals surface area contributed by atoms with Gasteiger partial charge in [0.25, 0.3) is 0 Å². The molecular formula is C24H25N3O3. The molecule has 30 heavy (non-hydrogen) atoms. The molecule has 0 radical (unpaired) electrons. The lowest BCUT2D eigenvalue weighted by molar-refractivity contribution is -0.116. The zero-order valence-corrected chi connectivity index (χ0v) is 17.1. The van der Waals surface area contributed by atoms with Crippen LogP contribution in [-0.2, 0) is 4.79 Å². The Hall–Kier alpha value is -3.80. The Labute approximate surface area is 176 Å². The molecule has 0 saturated carbocycles. The van der Waals surface area contributed by atoms with Crippen molar-refractivity contribution < 1.29 is 14.3 Å². The van der Waals surface area contributed by atoms with Gasteiger partial charge in [-0.3, -0.25) is 4.79 Å². The summed E-state index contributed by atoms with van der Waals surface area (Å²) >= 11 is 0. The Kier molecular flexibility index (Phi) is 7.05. The molecule has 0 heterocycles. The molecule has 0 spiro atoms. The molecule has 0 unspecified atom stereocenters. The molecule has 6 nitrogen and oxygen atoms in total. The molecule has 0 bridgehead atoms. The van der Waals surface area contributed by atoms with Gasteiger partial charge in [0.2, 0.25) is 5.91 Å². The predicted molar refractivity (Wildman–Crippen MR) is 120 cm³/mol. The second kappa shape index (κ2) is 10.1. The van der Waals surface area contributed by atoms with Gasteiger partial charge in [-0.25, -0.2) is 4.79 Å².